The van der Waals surface area contributed by atoms with E-state index in [2.05, 4.69) is 24.1 Å². The smallest absolute Gasteiger partial charge is 0.273 e. The van der Waals surface area contributed by atoms with Crippen molar-refractivity contribution in [1.82, 2.24) is 10.3 Å². The van der Waals surface area contributed by atoms with Crippen LogP contribution in [0.1, 0.15) is 63.0 Å². The van der Waals surface area contributed by atoms with Crippen LogP contribution in [0, 0.1) is 5.92 Å². The molecule has 1 aromatic rings. The lowest BCUT2D eigenvalue weighted by Crippen LogP contribution is -2.33. The van der Waals surface area contributed by atoms with Crippen LogP contribution in [-0.4, -0.2) is 16.9 Å². The number of amides is 1. The number of carbonyl (C=O) groups excluding carboxylic acids is 1. The van der Waals surface area contributed by atoms with Crippen LogP contribution >= 0.6 is 0 Å². The summed E-state index contributed by atoms with van der Waals surface area (Å²) >= 11 is 0. The van der Waals surface area contributed by atoms with E-state index in [1.54, 1.807) is 0 Å². The lowest BCUT2D eigenvalue weighted by Gasteiger charge is -2.14. The van der Waals surface area contributed by atoms with E-state index in [4.69, 9.17) is 10.2 Å². The molecular formula is C13H23N3O2. The topological polar surface area (TPSA) is 81.1 Å². The molecule has 0 aliphatic rings. The highest BCUT2D eigenvalue weighted by Crippen LogP contribution is 2.13. The van der Waals surface area contributed by atoms with Gasteiger partial charge in [-0.3, -0.25) is 4.79 Å². The maximum atomic E-state index is 11.9. The summed E-state index contributed by atoms with van der Waals surface area (Å²) in [5, 5.41) is 2.90. The monoisotopic (exact) mass is 253 g/mol. The average molecular weight is 253 g/mol. The molecule has 102 valence electrons. The second-order valence-corrected chi connectivity index (χ2v) is 5.09. The summed E-state index contributed by atoms with van der Waals surface area (Å²) in [6, 6.07) is -0.128. The molecule has 1 rings (SSSR count). The molecule has 1 heterocycles. The predicted octanol–water partition coefficient (Wildman–Crippen LogP) is 2.25. The van der Waals surface area contributed by atoms with Gasteiger partial charge in [0.15, 0.2) is 5.69 Å². The highest BCUT2D eigenvalue weighted by atomic mass is 16.3. The van der Waals surface area contributed by atoms with Crippen molar-refractivity contribution in [3.05, 3.63) is 17.8 Å². The summed E-state index contributed by atoms with van der Waals surface area (Å²) in [7, 11) is 0. The number of rotatable bonds is 6. The van der Waals surface area contributed by atoms with E-state index in [1.807, 2.05) is 13.8 Å². The van der Waals surface area contributed by atoms with Gasteiger partial charge in [-0.15, -0.1) is 0 Å². The number of carbonyl (C=O) groups is 1. The molecule has 5 nitrogen and oxygen atoms in total. The first-order chi connectivity index (χ1) is 8.43. The van der Waals surface area contributed by atoms with Gasteiger partial charge in [0.1, 0.15) is 6.26 Å². The van der Waals surface area contributed by atoms with E-state index in [-0.39, 0.29) is 18.0 Å². The number of nitrogens with zero attached hydrogens (tertiary/aromatic N) is 1. The van der Waals surface area contributed by atoms with Crippen LogP contribution in [0.4, 0.5) is 0 Å². The normalized spacial score (nSPS) is 14.6. The van der Waals surface area contributed by atoms with Crippen molar-refractivity contribution in [2.45, 2.75) is 52.6 Å². The molecule has 0 fully saturated rings. The van der Waals surface area contributed by atoms with Crippen molar-refractivity contribution in [3.63, 3.8) is 0 Å². The van der Waals surface area contributed by atoms with Gasteiger partial charge in [-0.05, 0) is 25.7 Å². The molecule has 0 aromatic carbocycles. The molecular weight excluding hydrogens is 230 g/mol. The summed E-state index contributed by atoms with van der Waals surface area (Å²) in [6.07, 6.45) is 3.03. The molecule has 2 atom stereocenters. The Balaban J connectivity index is 2.59. The number of nitrogens with two attached hydrogens (primary N) is 1. The molecule has 2 unspecified atom stereocenters. The molecule has 5 heteroatoms. The Morgan fingerprint density at radius 1 is 1.50 bits per heavy atom. The number of hydrogen-bond acceptors (Lipinski definition) is 4. The van der Waals surface area contributed by atoms with Crippen molar-refractivity contribution in [1.29, 1.82) is 0 Å². The van der Waals surface area contributed by atoms with Gasteiger partial charge in [-0.2, -0.15) is 0 Å². The first-order valence-electron chi connectivity index (χ1n) is 6.45. The molecule has 0 aliphatic carbocycles. The molecule has 1 aromatic heterocycles. The zero-order valence-corrected chi connectivity index (χ0v) is 11.6. The van der Waals surface area contributed by atoms with Crippen LogP contribution in [0.15, 0.2) is 10.7 Å². The summed E-state index contributed by atoms with van der Waals surface area (Å²) in [4.78, 5) is 16.0. The van der Waals surface area contributed by atoms with Gasteiger partial charge in [-0.1, -0.05) is 20.8 Å². The van der Waals surface area contributed by atoms with Crippen molar-refractivity contribution in [3.8, 4) is 0 Å². The Morgan fingerprint density at radius 2 is 2.17 bits per heavy atom. The summed E-state index contributed by atoms with van der Waals surface area (Å²) in [5.41, 5.74) is 6.08. The Labute approximate surface area is 108 Å². The van der Waals surface area contributed by atoms with E-state index in [1.165, 1.54) is 6.26 Å². The minimum absolute atomic E-state index is 0.123. The second kappa shape index (κ2) is 6.54. The summed E-state index contributed by atoms with van der Waals surface area (Å²) in [5.74, 6) is 0.752. The molecule has 0 saturated carbocycles. The van der Waals surface area contributed by atoms with Crippen LogP contribution in [-0.2, 0) is 0 Å². The van der Waals surface area contributed by atoms with E-state index in [0.717, 1.165) is 12.8 Å². The Hall–Kier alpha value is -1.36. The number of hydrogen-bond donors (Lipinski definition) is 2. The standard InChI is InChI=1S/C13H23N3O2/c1-5-10(14)13-16-11(7-18-13)12(17)15-9(4)6-8(2)3/h7-10H,5-6,14H2,1-4H3,(H,15,17). The van der Waals surface area contributed by atoms with Gasteiger partial charge in [-0.25, -0.2) is 4.98 Å². The molecule has 3 N–H and O–H groups in total. The predicted molar refractivity (Wildman–Crippen MR) is 70.1 cm³/mol. The fraction of sp³-hybridized carbons (Fsp3) is 0.692. The lowest BCUT2D eigenvalue weighted by atomic mass is 10.1. The van der Waals surface area contributed by atoms with Crippen molar-refractivity contribution in [2.24, 2.45) is 11.7 Å². The summed E-state index contributed by atoms with van der Waals surface area (Å²) < 4.78 is 5.20. The number of nitrogens with one attached hydrogen (secondary N) is 1. The molecule has 0 spiro atoms. The lowest BCUT2D eigenvalue weighted by molar-refractivity contribution is 0.0931. The largest absolute Gasteiger partial charge is 0.446 e. The fourth-order valence-electron chi connectivity index (χ4n) is 1.80. The Kier molecular flexibility index (Phi) is 5.34. The van der Waals surface area contributed by atoms with Crippen LogP contribution in [0.2, 0.25) is 0 Å². The maximum Gasteiger partial charge on any atom is 0.273 e. The first-order valence-corrected chi connectivity index (χ1v) is 6.45. The maximum absolute atomic E-state index is 11.9. The molecule has 18 heavy (non-hydrogen) atoms. The zero-order chi connectivity index (χ0) is 13.7. The van der Waals surface area contributed by atoms with Gasteiger partial charge in [0, 0.05) is 6.04 Å². The molecule has 0 saturated heterocycles. The quantitative estimate of drug-likeness (QED) is 0.814. The first kappa shape index (κ1) is 14.7. The van der Waals surface area contributed by atoms with Crippen LogP contribution in [0.3, 0.4) is 0 Å². The molecule has 0 aliphatic heterocycles. The Morgan fingerprint density at radius 3 is 2.72 bits per heavy atom. The number of aromatic nitrogens is 1. The van der Waals surface area contributed by atoms with E-state index in [9.17, 15) is 4.79 Å². The van der Waals surface area contributed by atoms with Crippen molar-refractivity contribution >= 4 is 5.91 Å². The molecule has 1 amide bonds. The van der Waals surface area contributed by atoms with Gasteiger partial charge >= 0.3 is 0 Å². The highest BCUT2D eigenvalue weighted by molar-refractivity contribution is 5.92. The second-order valence-electron chi connectivity index (χ2n) is 5.09. The van der Waals surface area contributed by atoms with Gasteiger partial charge in [0.2, 0.25) is 5.89 Å². The Bertz CT molecular complexity index is 387. The van der Waals surface area contributed by atoms with Crippen LogP contribution in [0.25, 0.3) is 0 Å². The third-order valence-corrected chi connectivity index (χ3v) is 2.71. The summed E-state index contributed by atoms with van der Waals surface area (Å²) in [6.45, 7) is 8.17. The minimum Gasteiger partial charge on any atom is -0.446 e. The van der Waals surface area contributed by atoms with Crippen molar-refractivity contribution < 1.29 is 9.21 Å². The minimum atomic E-state index is -0.250. The number of oxazole rings is 1. The fourth-order valence-corrected chi connectivity index (χ4v) is 1.80. The third kappa shape index (κ3) is 4.14. The molecule has 0 bridgehead atoms. The van der Waals surface area contributed by atoms with Gasteiger partial charge < -0.3 is 15.5 Å². The van der Waals surface area contributed by atoms with E-state index < -0.39 is 0 Å². The SMILES string of the molecule is CCC(N)c1nc(C(=O)NC(C)CC(C)C)co1. The van der Waals surface area contributed by atoms with Crippen LogP contribution < -0.4 is 11.1 Å². The van der Waals surface area contributed by atoms with Gasteiger partial charge in [0.05, 0.1) is 6.04 Å². The molecule has 0 radical (unpaired) electrons. The van der Waals surface area contributed by atoms with Crippen molar-refractivity contribution in [2.75, 3.05) is 0 Å². The van der Waals surface area contributed by atoms with Gasteiger partial charge in [0.25, 0.3) is 5.91 Å². The van der Waals surface area contributed by atoms with Crippen LogP contribution in [0.5, 0.6) is 0 Å². The van der Waals surface area contributed by atoms with E-state index >= 15 is 0 Å². The highest BCUT2D eigenvalue weighted by Gasteiger charge is 2.17. The third-order valence-electron chi connectivity index (χ3n) is 2.71. The zero-order valence-electron chi connectivity index (χ0n) is 11.6. The van der Waals surface area contributed by atoms with E-state index in [0.29, 0.717) is 17.5 Å². The average Bonchev–Trinajstić information content (AvgIpc) is 2.75.